The van der Waals surface area contributed by atoms with Gasteiger partial charge >= 0.3 is 0 Å². The Kier molecular flexibility index (Phi) is 4.73. The van der Waals surface area contributed by atoms with Crippen molar-refractivity contribution >= 4 is 21.6 Å². The molecule has 2 N–H and O–H groups in total. The maximum absolute atomic E-state index is 10.4. The number of aromatic hydroxyl groups is 1. The molecule has 29 heavy (non-hydrogen) atoms. The number of fused-ring (bicyclic) bond motifs is 1. The van der Waals surface area contributed by atoms with Crippen molar-refractivity contribution in [1.82, 2.24) is 5.32 Å². The van der Waals surface area contributed by atoms with Crippen molar-refractivity contribution in [3.05, 3.63) is 87.9 Å². The van der Waals surface area contributed by atoms with Crippen LogP contribution >= 0.6 is 15.9 Å². The average Bonchev–Trinajstić information content (AvgIpc) is 3.22. The minimum absolute atomic E-state index is 0.0712. The van der Waals surface area contributed by atoms with Crippen molar-refractivity contribution in [2.24, 2.45) is 4.99 Å². The lowest BCUT2D eigenvalue weighted by atomic mass is 9.93. The Bertz CT molecular complexity index is 1100. The average molecular weight is 451 g/mol. The summed E-state index contributed by atoms with van der Waals surface area (Å²) in [6.07, 6.45) is 0.424. The third kappa shape index (κ3) is 3.61. The van der Waals surface area contributed by atoms with Crippen LogP contribution < -0.4 is 14.8 Å². The van der Waals surface area contributed by atoms with Crippen molar-refractivity contribution in [2.45, 2.75) is 18.6 Å². The molecular formula is C23H19BrN2O3. The highest BCUT2D eigenvalue weighted by molar-refractivity contribution is 9.10. The molecule has 5 rings (SSSR count). The van der Waals surface area contributed by atoms with E-state index in [0.717, 1.165) is 38.4 Å². The van der Waals surface area contributed by atoms with Gasteiger partial charge in [0.25, 0.3) is 0 Å². The normalized spacial score (nSPS) is 20.4. The van der Waals surface area contributed by atoms with Crippen molar-refractivity contribution in [1.29, 1.82) is 0 Å². The molecule has 0 aromatic heterocycles. The molecule has 2 aliphatic heterocycles. The minimum atomic E-state index is -0.230. The number of nitrogens with one attached hydrogen (secondary N) is 1. The number of hydrogen-bond donors (Lipinski definition) is 2. The van der Waals surface area contributed by atoms with Gasteiger partial charge in [0, 0.05) is 28.2 Å². The summed E-state index contributed by atoms with van der Waals surface area (Å²) in [7, 11) is 0. The van der Waals surface area contributed by atoms with Gasteiger partial charge in [-0.3, -0.25) is 10.3 Å². The van der Waals surface area contributed by atoms with Crippen LogP contribution in [0.25, 0.3) is 0 Å². The highest BCUT2D eigenvalue weighted by Crippen LogP contribution is 2.37. The van der Waals surface area contributed by atoms with Crippen molar-refractivity contribution < 1.29 is 14.6 Å². The number of ether oxygens (including phenoxy) is 2. The van der Waals surface area contributed by atoms with Crippen molar-refractivity contribution in [3.63, 3.8) is 0 Å². The zero-order chi connectivity index (χ0) is 19.8. The van der Waals surface area contributed by atoms with E-state index in [0.29, 0.717) is 6.42 Å². The van der Waals surface area contributed by atoms with E-state index < -0.39 is 0 Å². The molecule has 3 aromatic rings. The molecule has 0 bridgehead atoms. The topological polar surface area (TPSA) is 63.1 Å². The summed E-state index contributed by atoms with van der Waals surface area (Å²) in [6.45, 7) is 0.244. The molecule has 0 amide bonds. The van der Waals surface area contributed by atoms with E-state index in [9.17, 15) is 5.11 Å². The molecule has 146 valence electrons. The fraction of sp³-hybridized carbons (Fsp3) is 0.174. The van der Waals surface area contributed by atoms with Gasteiger partial charge in [-0.25, -0.2) is 0 Å². The van der Waals surface area contributed by atoms with Crippen LogP contribution in [0.1, 0.15) is 35.3 Å². The minimum Gasteiger partial charge on any atom is -0.508 e. The molecular weight excluding hydrogens is 432 g/mol. The molecule has 0 unspecified atom stereocenters. The first-order valence-corrected chi connectivity index (χ1v) is 10.2. The zero-order valence-corrected chi connectivity index (χ0v) is 17.1. The van der Waals surface area contributed by atoms with Crippen LogP contribution in [-0.2, 0) is 0 Å². The fourth-order valence-corrected chi connectivity index (χ4v) is 4.20. The zero-order valence-electron chi connectivity index (χ0n) is 15.5. The number of nitrogens with zero attached hydrogens (tertiary/aromatic N) is 1. The number of benzene rings is 3. The first-order valence-electron chi connectivity index (χ1n) is 9.43. The summed E-state index contributed by atoms with van der Waals surface area (Å²) in [4.78, 5) is 5.00. The third-order valence-electron chi connectivity index (χ3n) is 5.22. The summed E-state index contributed by atoms with van der Waals surface area (Å²) >= 11 is 3.55. The molecule has 0 saturated carbocycles. The van der Waals surface area contributed by atoms with E-state index in [-0.39, 0.29) is 24.8 Å². The Morgan fingerprint density at radius 3 is 2.69 bits per heavy atom. The third-order valence-corrected chi connectivity index (χ3v) is 5.72. The van der Waals surface area contributed by atoms with Crippen LogP contribution in [0.4, 0.5) is 0 Å². The first kappa shape index (κ1) is 18.2. The number of halogens is 1. The number of aliphatic imine (C=N–C) groups is 1. The predicted molar refractivity (Wildman–Crippen MR) is 115 cm³/mol. The number of phenolic OH excluding ortho intramolecular Hbond substituents is 1. The summed E-state index contributed by atoms with van der Waals surface area (Å²) in [5.74, 6) is 1.77. The SMILES string of the molecule is Oc1ccccc1[C@@H]1CC(c2ccc3c(c2)OCO3)=N[C@@H](c2cccc(Br)c2)N1. The Balaban J connectivity index is 1.57. The fourth-order valence-electron chi connectivity index (χ4n) is 3.79. The maximum atomic E-state index is 10.4. The maximum Gasteiger partial charge on any atom is 0.231 e. The number of phenols is 1. The van der Waals surface area contributed by atoms with Crippen molar-refractivity contribution in [3.8, 4) is 17.2 Å². The Morgan fingerprint density at radius 1 is 0.966 bits per heavy atom. The Hall–Kier alpha value is -2.83. The van der Waals surface area contributed by atoms with E-state index in [1.165, 1.54) is 0 Å². The van der Waals surface area contributed by atoms with E-state index in [1.54, 1.807) is 6.07 Å². The van der Waals surface area contributed by atoms with E-state index in [4.69, 9.17) is 14.5 Å². The molecule has 0 saturated heterocycles. The molecule has 2 atom stereocenters. The van der Waals surface area contributed by atoms with Crippen LogP contribution in [0.3, 0.4) is 0 Å². The second-order valence-electron chi connectivity index (χ2n) is 7.08. The second kappa shape index (κ2) is 7.54. The van der Waals surface area contributed by atoms with Crippen LogP contribution in [0.2, 0.25) is 0 Å². The highest BCUT2D eigenvalue weighted by Gasteiger charge is 2.28. The van der Waals surface area contributed by atoms with Gasteiger partial charge in [-0.05, 0) is 47.5 Å². The molecule has 6 heteroatoms. The van der Waals surface area contributed by atoms with Crippen LogP contribution in [0.5, 0.6) is 17.2 Å². The van der Waals surface area contributed by atoms with Gasteiger partial charge < -0.3 is 14.6 Å². The number of hydrogen-bond acceptors (Lipinski definition) is 5. The van der Waals surface area contributed by atoms with Gasteiger partial charge in [0.05, 0.1) is 0 Å². The van der Waals surface area contributed by atoms with Gasteiger partial charge in [0.1, 0.15) is 11.9 Å². The van der Waals surface area contributed by atoms with Gasteiger partial charge in [-0.2, -0.15) is 0 Å². The molecule has 0 fully saturated rings. The van der Waals surface area contributed by atoms with Gasteiger partial charge in [-0.1, -0.05) is 46.3 Å². The molecule has 3 aromatic carbocycles. The highest BCUT2D eigenvalue weighted by atomic mass is 79.9. The van der Waals surface area contributed by atoms with Crippen molar-refractivity contribution in [2.75, 3.05) is 6.79 Å². The van der Waals surface area contributed by atoms with Gasteiger partial charge in [-0.15, -0.1) is 0 Å². The molecule has 2 heterocycles. The number of para-hydroxylation sites is 1. The largest absolute Gasteiger partial charge is 0.508 e. The summed E-state index contributed by atoms with van der Waals surface area (Å²) in [5, 5.41) is 14.0. The molecule has 0 aliphatic carbocycles. The van der Waals surface area contributed by atoms with Gasteiger partial charge in [0.15, 0.2) is 11.5 Å². The van der Waals surface area contributed by atoms with Crippen LogP contribution in [-0.4, -0.2) is 17.6 Å². The lowest BCUT2D eigenvalue weighted by Crippen LogP contribution is -2.33. The molecule has 0 spiro atoms. The molecule has 2 aliphatic rings. The van der Waals surface area contributed by atoms with Crippen LogP contribution in [0.15, 0.2) is 76.2 Å². The van der Waals surface area contributed by atoms with E-state index in [2.05, 4.69) is 33.4 Å². The summed E-state index contributed by atoms with van der Waals surface area (Å²) in [6, 6.07) is 21.4. The number of rotatable bonds is 3. The predicted octanol–water partition coefficient (Wildman–Crippen LogP) is 5.11. The quantitative estimate of drug-likeness (QED) is 0.582. The monoisotopic (exact) mass is 450 g/mol. The Labute approximate surface area is 177 Å². The van der Waals surface area contributed by atoms with E-state index in [1.807, 2.05) is 48.5 Å². The van der Waals surface area contributed by atoms with Crippen LogP contribution in [0, 0.1) is 0 Å². The smallest absolute Gasteiger partial charge is 0.231 e. The standard InChI is InChI=1S/C23H19BrN2O3/c24-16-5-3-4-15(10-16)23-25-18(14-8-9-21-22(11-14)29-13-28-21)12-19(26-23)17-6-1-2-7-20(17)27/h1-11,19,23,26-27H,12-13H2/t19-,23+/m0/s1. The lowest BCUT2D eigenvalue weighted by molar-refractivity contribution is 0.174. The first-order chi connectivity index (χ1) is 14.2. The second-order valence-corrected chi connectivity index (χ2v) is 8.00. The molecule has 5 nitrogen and oxygen atoms in total. The molecule has 0 radical (unpaired) electrons. The summed E-state index contributed by atoms with van der Waals surface area (Å²) < 4.78 is 12.0. The summed E-state index contributed by atoms with van der Waals surface area (Å²) in [5.41, 5.74) is 3.87. The van der Waals surface area contributed by atoms with Gasteiger partial charge in [0.2, 0.25) is 6.79 Å². The lowest BCUT2D eigenvalue weighted by Gasteiger charge is -2.31. The van der Waals surface area contributed by atoms with E-state index >= 15 is 0 Å². The Morgan fingerprint density at radius 2 is 1.83 bits per heavy atom.